The van der Waals surface area contributed by atoms with Gasteiger partial charge in [-0.05, 0) is 31.4 Å². The van der Waals surface area contributed by atoms with Gasteiger partial charge in [-0.25, -0.2) is 4.79 Å². The van der Waals surface area contributed by atoms with Crippen LogP contribution in [0.4, 0.5) is 4.79 Å². The fraction of sp³-hybridized carbons (Fsp3) is 0.562. The van der Waals surface area contributed by atoms with E-state index in [0.29, 0.717) is 26.2 Å². The van der Waals surface area contributed by atoms with E-state index in [1.165, 1.54) is 0 Å². The molecule has 0 spiro atoms. The molecule has 0 aliphatic carbocycles. The van der Waals surface area contributed by atoms with Crippen LogP contribution in [0.3, 0.4) is 0 Å². The summed E-state index contributed by atoms with van der Waals surface area (Å²) in [7, 11) is 0. The van der Waals surface area contributed by atoms with Crippen molar-refractivity contribution < 1.29 is 9.59 Å². The quantitative estimate of drug-likeness (QED) is 0.866. The van der Waals surface area contributed by atoms with E-state index in [4.69, 9.17) is 0 Å². The Labute approximate surface area is 131 Å². The smallest absolute Gasteiger partial charge is 0.317 e. The van der Waals surface area contributed by atoms with Gasteiger partial charge in [-0.15, -0.1) is 0 Å². The van der Waals surface area contributed by atoms with Crippen molar-refractivity contribution >= 4 is 11.9 Å². The molecule has 0 bridgehead atoms. The van der Waals surface area contributed by atoms with Gasteiger partial charge >= 0.3 is 6.03 Å². The van der Waals surface area contributed by atoms with E-state index >= 15 is 0 Å². The van der Waals surface area contributed by atoms with Gasteiger partial charge in [-0.2, -0.15) is 0 Å². The van der Waals surface area contributed by atoms with Gasteiger partial charge in [0.1, 0.15) is 0 Å². The number of nitrogens with zero attached hydrogens (tertiary/aromatic N) is 2. The number of aromatic nitrogens is 1. The van der Waals surface area contributed by atoms with Crippen molar-refractivity contribution in [3.05, 3.63) is 30.1 Å². The number of hydrogen-bond donors (Lipinski definition) is 2. The average molecular weight is 304 g/mol. The van der Waals surface area contributed by atoms with Crippen molar-refractivity contribution in [3.8, 4) is 0 Å². The van der Waals surface area contributed by atoms with E-state index < -0.39 is 0 Å². The minimum Gasteiger partial charge on any atom is -0.356 e. The fourth-order valence-corrected chi connectivity index (χ4v) is 2.55. The monoisotopic (exact) mass is 304 g/mol. The molecule has 0 saturated carbocycles. The van der Waals surface area contributed by atoms with E-state index in [9.17, 15) is 9.59 Å². The number of hydrogen-bond acceptors (Lipinski definition) is 3. The first-order chi connectivity index (χ1) is 10.7. The molecule has 1 fully saturated rings. The van der Waals surface area contributed by atoms with Gasteiger partial charge in [0.15, 0.2) is 0 Å². The maximum Gasteiger partial charge on any atom is 0.317 e. The molecule has 1 saturated heterocycles. The summed E-state index contributed by atoms with van der Waals surface area (Å²) in [4.78, 5) is 30.1. The fourth-order valence-electron chi connectivity index (χ4n) is 2.55. The van der Waals surface area contributed by atoms with Crippen molar-refractivity contribution in [1.29, 1.82) is 0 Å². The highest BCUT2D eigenvalue weighted by molar-refractivity contribution is 5.80. The zero-order chi connectivity index (χ0) is 15.8. The molecule has 3 amide bonds. The number of pyridine rings is 1. The van der Waals surface area contributed by atoms with Crippen LogP contribution < -0.4 is 10.6 Å². The Morgan fingerprint density at radius 2 is 2.23 bits per heavy atom. The molecular weight excluding hydrogens is 280 g/mol. The lowest BCUT2D eigenvalue weighted by Gasteiger charge is -2.32. The standard InChI is InChI=1S/C16H24N4O2/c1-2-8-18-15(21)13-6-5-10-20(12-13)16(22)19-11-14-7-3-4-9-17-14/h3-4,7,9,13H,2,5-6,8,10-12H2,1H3,(H,18,21)(H,19,22)/t13-/m1/s1. The van der Waals surface area contributed by atoms with Crippen LogP contribution in [0.1, 0.15) is 31.9 Å². The highest BCUT2D eigenvalue weighted by atomic mass is 16.2. The third-order valence-electron chi connectivity index (χ3n) is 3.78. The van der Waals surface area contributed by atoms with Crippen LogP contribution >= 0.6 is 0 Å². The molecule has 6 nitrogen and oxygen atoms in total. The van der Waals surface area contributed by atoms with Gasteiger partial charge < -0.3 is 15.5 Å². The lowest BCUT2D eigenvalue weighted by molar-refractivity contribution is -0.126. The summed E-state index contributed by atoms with van der Waals surface area (Å²) in [5.74, 6) is -0.0371. The highest BCUT2D eigenvalue weighted by Crippen LogP contribution is 2.16. The number of amides is 3. The number of urea groups is 1. The summed E-state index contributed by atoms with van der Waals surface area (Å²) in [5, 5.41) is 5.78. The zero-order valence-electron chi connectivity index (χ0n) is 13.0. The van der Waals surface area contributed by atoms with Crippen LogP contribution in [0.25, 0.3) is 0 Å². The van der Waals surface area contributed by atoms with Crippen LogP contribution in [0.2, 0.25) is 0 Å². The maximum atomic E-state index is 12.2. The molecule has 1 aliphatic heterocycles. The second kappa shape index (κ2) is 8.36. The molecule has 1 atom stereocenters. The van der Waals surface area contributed by atoms with Crippen molar-refractivity contribution in [2.75, 3.05) is 19.6 Å². The van der Waals surface area contributed by atoms with E-state index in [-0.39, 0.29) is 17.9 Å². The lowest BCUT2D eigenvalue weighted by atomic mass is 9.97. The van der Waals surface area contributed by atoms with E-state index in [0.717, 1.165) is 25.0 Å². The van der Waals surface area contributed by atoms with E-state index in [1.807, 2.05) is 25.1 Å². The summed E-state index contributed by atoms with van der Waals surface area (Å²) in [6.45, 7) is 4.32. The second-order valence-corrected chi connectivity index (χ2v) is 5.56. The first-order valence-corrected chi connectivity index (χ1v) is 7.91. The number of rotatable bonds is 5. The van der Waals surface area contributed by atoms with Crippen molar-refractivity contribution in [2.24, 2.45) is 5.92 Å². The Morgan fingerprint density at radius 3 is 2.95 bits per heavy atom. The molecule has 1 aliphatic rings. The number of nitrogens with one attached hydrogen (secondary N) is 2. The normalized spacial score (nSPS) is 17.9. The number of likely N-dealkylation sites (tertiary alicyclic amines) is 1. The van der Waals surface area contributed by atoms with Crippen LogP contribution in [0, 0.1) is 5.92 Å². The Hall–Kier alpha value is -2.11. The number of carbonyl (C=O) groups is 2. The van der Waals surface area contributed by atoms with Gasteiger partial charge in [0.25, 0.3) is 0 Å². The Bertz CT molecular complexity index is 492. The zero-order valence-corrected chi connectivity index (χ0v) is 13.0. The first kappa shape index (κ1) is 16.3. The summed E-state index contributed by atoms with van der Waals surface area (Å²) in [6.07, 6.45) is 4.34. The minimum atomic E-state index is -0.126. The summed E-state index contributed by atoms with van der Waals surface area (Å²) in [5.41, 5.74) is 0.824. The molecule has 0 radical (unpaired) electrons. The third-order valence-corrected chi connectivity index (χ3v) is 3.78. The second-order valence-electron chi connectivity index (χ2n) is 5.56. The predicted molar refractivity (Wildman–Crippen MR) is 84.1 cm³/mol. The Kier molecular flexibility index (Phi) is 6.18. The van der Waals surface area contributed by atoms with Crippen LogP contribution in [0.5, 0.6) is 0 Å². The first-order valence-electron chi connectivity index (χ1n) is 7.91. The molecular formula is C16H24N4O2. The molecule has 6 heteroatoms. The highest BCUT2D eigenvalue weighted by Gasteiger charge is 2.28. The maximum absolute atomic E-state index is 12.2. The van der Waals surface area contributed by atoms with E-state index in [1.54, 1.807) is 11.1 Å². The molecule has 120 valence electrons. The van der Waals surface area contributed by atoms with Gasteiger partial charge in [0, 0.05) is 25.8 Å². The van der Waals surface area contributed by atoms with E-state index in [2.05, 4.69) is 15.6 Å². The average Bonchev–Trinajstić information content (AvgIpc) is 2.58. The molecule has 2 N–H and O–H groups in total. The molecule has 2 heterocycles. The Balaban J connectivity index is 1.81. The Morgan fingerprint density at radius 1 is 1.36 bits per heavy atom. The minimum absolute atomic E-state index is 0.0593. The third kappa shape index (κ3) is 4.72. The summed E-state index contributed by atoms with van der Waals surface area (Å²) >= 11 is 0. The molecule has 0 unspecified atom stereocenters. The van der Waals surface area contributed by atoms with Crippen LogP contribution in [0.15, 0.2) is 24.4 Å². The van der Waals surface area contributed by atoms with Crippen LogP contribution in [-0.2, 0) is 11.3 Å². The molecule has 1 aromatic rings. The predicted octanol–water partition coefficient (Wildman–Crippen LogP) is 1.53. The molecule has 22 heavy (non-hydrogen) atoms. The number of piperidine rings is 1. The van der Waals surface area contributed by atoms with Gasteiger partial charge in [-0.3, -0.25) is 9.78 Å². The number of carbonyl (C=O) groups excluding carboxylic acids is 2. The van der Waals surface area contributed by atoms with Gasteiger partial charge in [0.05, 0.1) is 18.2 Å². The van der Waals surface area contributed by atoms with Crippen LogP contribution in [-0.4, -0.2) is 41.5 Å². The molecule has 2 rings (SSSR count). The largest absolute Gasteiger partial charge is 0.356 e. The van der Waals surface area contributed by atoms with Gasteiger partial charge in [0.2, 0.25) is 5.91 Å². The summed E-state index contributed by atoms with van der Waals surface area (Å²) < 4.78 is 0. The molecule has 0 aromatic carbocycles. The topological polar surface area (TPSA) is 74.3 Å². The lowest BCUT2D eigenvalue weighted by Crippen LogP contribution is -2.48. The van der Waals surface area contributed by atoms with Gasteiger partial charge in [-0.1, -0.05) is 13.0 Å². The SMILES string of the molecule is CCCNC(=O)[C@@H]1CCCN(C(=O)NCc2ccccn2)C1. The van der Waals surface area contributed by atoms with Crippen molar-refractivity contribution in [3.63, 3.8) is 0 Å². The molecule has 1 aromatic heterocycles. The van der Waals surface area contributed by atoms with Crippen molar-refractivity contribution in [1.82, 2.24) is 20.5 Å². The summed E-state index contributed by atoms with van der Waals surface area (Å²) in [6, 6.07) is 5.48. The van der Waals surface area contributed by atoms with Crippen molar-refractivity contribution in [2.45, 2.75) is 32.7 Å².